The van der Waals surface area contributed by atoms with Gasteiger partial charge in [-0.1, -0.05) is 31.2 Å². The number of rotatable bonds is 3. The van der Waals surface area contributed by atoms with Gasteiger partial charge in [0.2, 0.25) is 5.91 Å². The van der Waals surface area contributed by atoms with E-state index in [0.717, 1.165) is 45.3 Å². The van der Waals surface area contributed by atoms with E-state index in [9.17, 15) is 4.79 Å². The van der Waals surface area contributed by atoms with Crippen LogP contribution in [0.4, 0.5) is 0 Å². The third-order valence-electron chi connectivity index (χ3n) is 5.46. The van der Waals surface area contributed by atoms with Crippen molar-refractivity contribution in [1.82, 2.24) is 5.32 Å². The molecule has 3 heteroatoms. The Morgan fingerprint density at radius 2 is 1.95 bits per heavy atom. The standard InChI is InChI=1S/C19H27NO2/c1-14(15-8-11-22-12-9-15)18(21)20-19(2)10-7-16-5-3-4-6-17(16)13-19/h3-6,14-15H,7-13H2,1-2H3,(H,20,21)/t14-,19+/m0/s1. The van der Waals surface area contributed by atoms with Crippen molar-refractivity contribution >= 4 is 5.91 Å². The van der Waals surface area contributed by atoms with E-state index in [1.54, 1.807) is 0 Å². The first-order valence-electron chi connectivity index (χ1n) is 8.54. The molecule has 1 heterocycles. The van der Waals surface area contributed by atoms with Gasteiger partial charge in [-0.05, 0) is 56.1 Å². The van der Waals surface area contributed by atoms with Gasteiger partial charge in [-0.15, -0.1) is 0 Å². The first kappa shape index (κ1) is 15.5. The lowest BCUT2D eigenvalue weighted by atomic mass is 9.78. The number of fused-ring (bicyclic) bond motifs is 1. The minimum atomic E-state index is -0.106. The van der Waals surface area contributed by atoms with Gasteiger partial charge in [0.25, 0.3) is 0 Å². The fourth-order valence-corrected chi connectivity index (χ4v) is 3.84. The third kappa shape index (κ3) is 3.35. The Morgan fingerprint density at radius 3 is 2.68 bits per heavy atom. The minimum absolute atomic E-state index is 0.0814. The summed E-state index contributed by atoms with van der Waals surface area (Å²) >= 11 is 0. The Morgan fingerprint density at radius 1 is 1.27 bits per heavy atom. The number of aryl methyl sites for hydroxylation is 1. The van der Waals surface area contributed by atoms with E-state index in [4.69, 9.17) is 4.74 Å². The second kappa shape index (κ2) is 6.41. The molecule has 1 aromatic rings. The molecule has 1 aliphatic heterocycles. The number of carbonyl (C=O) groups excluding carboxylic acids is 1. The molecule has 2 aliphatic rings. The van der Waals surface area contributed by atoms with Crippen LogP contribution >= 0.6 is 0 Å². The molecule has 0 aromatic heterocycles. The zero-order valence-electron chi connectivity index (χ0n) is 13.7. The van der Waals surface area contributed by atoms with Gasteiger partial charge in [-0.2, -0.15) is 0 Å². The monoisotopic (exact) mass is 301 g/mol. The Kier molecular flexibility index (Phi) is 4.53. The van der Waals surface area contributed by atoms with Crippen molar-refractivity contribution in [1.29, 1.82) is 0 Å². The fourth-order valence-electron chi connectivity index (χ4n) is 3.84. The molecule has 0 spiro atoms. The summed E-state index contributed by atoms with van der Waals surface area (Å²) in [5.74, 6) is 0.764. The van der Waals surface area contributed by atoms with E-state index < -0.39 is 0 Å². The number of benzene rings is 1. The molecule has 1 amide bonds. The van der Waals surface area contributed by atoms with Crippen molar-refractivity contribution in [3.8, 4) is 0 Å². The largest absolute Gasteiger partial charge is 0.381 e. The molecule has 0 radical (unpaired) electrons. The van der Waals surface area contributed by atoms with E-state index >= 15 is 0 Å². The SMILES string of the molecule is C[C@H](C(=O)N[C@]1(C)CCc2ccccc2C1)C1CCOCC1. The zero-order valence-corrected chi connectivity index (χ0v) is 13.7. The predicted molar refractivity (Wildman–Crippen MR) is 87.7 cm³/mol. The Bertz CT molecular complexity index is 536. The predicted octanol–water partition coefficient (Wildman–Crippen LogP) is 3.11. The number of hydrogen-bond donors (Lipinski definition) is 1. The first-order chi connectivity index (χ1) is 10.6. The second-order valence-corrected chi connectivity index (χ2v) is 7.23. The van der Waals surface area contributed by atoms with Crippen LogP contribution in [-0.2, 0) is 22.4 Å². The highest BCUT2D eigenvalue weighted by Crippen LogP contribution is 2.30. The van der Waals surface area contributed by atoms with Crippen LogP contribution < -0.4 is 5.32 Å². The van der Waals surface area contributed by atoms with Crippen LogP contribution in [0, 0.1) is 11.8 Å². The molecule has 120 valence electrons. The molecule has 3 nitrogen and oxygen atoms in total. The molecule has 2 atom stereocenters. The van der Waals surface area contributed by atoms with Crippen molar-refractivity contribution in [3.05, 3.63) is 35.4 Å². The van der Waals surface area contributed by atoms with E-state index in [1.807, 2.05) is 0 Å². The Labute approximate surface area is 133 Å². The van der Waals surface area contributed by atoms with Crippen molar-refractivity contribution in [2.45, 2.75) is 51.5 Å². The number of amides is 1. The molecule has 1 fully saturated rings. The normalized spacial score (nSPS) is 27.0. The number of hydrogen-bond acceptors (Lipinski definition) is 2. The summed E-state index contributed by atoms with van der Waals surface area (Å²) in [6, 6.07) is 8.60. The lowest BCUT2D eigenvalue weighted by molar-refractivity contribution is -0.129. The van der Waals surface area contributed by atoms with Gasteiger partial charge >= 0.3 is 0 Å². The highest BCUT2D eigenvalue weighted by atomic mass is 16.5. The van der Waals surface area contributed by atoms with Crippen LogP contribution in [0.3, 0.4) is 0 Å². The average Bonchev–Trinajstić information content (AvgIpc) is 2.54. The summed E-state index contributed by atoms with van der Waals surface area (Å²) in [6.07, 6.45) is 5.03. The van der Waals surface area contributed by atoms with Crippen molar-refractivity contribution < 1.29 is 9.53 Å². The highest BCUT2D eigenvalue weighted by molar-refractivity contribution is 5.79. The second-order valence-electron chi connectivity index (χ2n) is 7.23. The van der Waals surface area contributed by atoms with Crippen LogP contribution in [0.5, 0.6) is 0 Å². The van der Waals surface area contributed by atoms with E-state index in [-0.39, 0.29) is 17.4 Å². The first-order valence-corrected chi connectivity index (χ1v) is 8.54. The molecule has 1 aromatic carbocycles. The number of ether oxygens (including phenoxy) is 1. The molecular formula is C19H27NO2. The third-order valence-corrected chi connectivity index (χ3v) is 5.46. The Balaban J connectivity index is 1.63. The maximum absolute atomic E-state index is 12.7. The maximum atomic E-state index is 12.7. The molecule has 1 aliphatic carbocycles. The molecule has 1 N–H and O–H groups in total. The van der Waals surface area contributed by atoms with E-state index in [0.29, 0.717) is 5.92 Å². The van der Waals surface area contributed by atoms with Crippen LogP contribution in [0.2, 0.25) is 0 Å². The fraction of sp³-hybridized carbons (Fsp3) is 0.632. The highest BCUT2D eigenvalue weighted by Gasteiger charge is 2.34. The van der Waals surface area contributed by atoms with Gasteiger partial charge in [0.15, 0.2) is 0 Å². The van der Waals surface area contributed by atoms with Crippen LogP contribution in [-0.4, -0.2) is 24.7 Å². The van der Waals surface area contributed by atoms with Crippen LogP contribution in [0.15, 0.2) is 24.3 Å². The van der Waals surface area contributed by atoms with Gasteiger partial charge in [0, 0.05) is 24.7 Å². The summed E-state index contributed by atoms with van der Waals surface area (Å²) in [6.45, 7) is 5.86. The number of nitrogens with one attached hydrogen (secondary N) is 1. The van der Waals surface area contributed by atoms with Gasteiger partial charge in [0.05, 0.1) is 0 Å². The summed E-state index contributed by atoms with van der Waals surface area (Å²) in [5.41, 5.74) is 2.71. The molecular weight excluding hydrogens is 274 g/mol. The zero-order chi connectivity index (χ0) is 15.6. The lowest BCUT2D eigenvalue weighted by Gasteiger charge is -2.38. The number of carbonyl (C=O) groups is 1. The molecule has 0 bridgehead atoms. The van der Waals surface area contributed by atoms with E-state index in [2.05, 4.69) is 43.4 Å². The van der Waals surface area contributed by atoms with Gasteiger partial charge in [-0.25, -0.2) is 0 Å². The van der Waals surface area contributed by atoms with Crippen LogP contribution in [0.25, 0.3) is 0 Å². The summed E-state index contributed by atoms with van der Waals surface area (Å²) in [7, 11) is 0. The van der Waals surface area contributed by atoms with Crippen LogP contribution in [0.1, 0.15) is 44.2 Å². The topological polar surface area (TPSA) is 38.3 Å². The van der Waals surface area contributed by atoms with Gasteiger partial charge in [0.1, 0.15) is 0 Å². The minimum Gasteiger partial charge on any atom is -0.381 e. The summed E-state index contributed by atoms with van der Waals surface area (Å²) in [4.78, 5) is 12.7. The van der Waals surface area contributed by atoms with Crippen molar-refractivity contribution in [3.63, 3.8) is 0 Å². The van der Waals surface area contributed by atoms with Gasteiger partial charge < -0.3 is 10.1 Å². The molecule has 1 saturated heterocycles. The van der Waals surface area contributed by atoms with E-state index in [1.165, 1.54) is 11.1 Å². The van der Waals surface area contributed by atoms with Crippen molar-refractivity contribution in [2.24, 2.45) is 11.8 Å². The smallest absolute Gasteiger partial charge is 0.223 e. The molecule has 22 heavy (non-hydrogen) atoms. The quantitative estimate of drug-likeness (QED) is 0.931. The molecule has 3 rings (SSSR count). The summed E-state index contributed by atoms with van der Waals surface area (Å²) < 4.78 is 5.41. The average molecular weight is 301 g/mol. The lowest BCUT2D eigenvalue weighted by Crippen LogP contribution is -2.52. The van der Waals surface area contributed by atoms with Crippen molar-refractivity contribution in [2.75, 3.05) is 13.2 Å². The maximum Gasteiger partial charge on any atom is 0.223 e. The Hall–Kier alpha value is -1.35. The summed E-state index contributed by atoms with van der Waals surface area (Å²) in [5, 5.41) is 3.35. The molecule has 0 saturated carbocycles. The molecule has 0 unspecified atom stereocenters. The van der Waals surface area contributed by atoms with Gasteiger partial charge in [-0.3, -0.25) is 4.79 Å².